The summed E-state index contributed by atoms with van der Waals surface area (Å²) in [4.78, 5) is 39.1. The third-order valence-corrected chi connectivity index (χ3v) is 8.07. The van der Waals surface area contributed by atoms with E-state index in [0.29, 0.717) is 28.9 Å². The average Bonchev–Trinajstić information content (AvgIpc) is 2.99. The molecule has 0 atom stereocenters. The van der Waals surface area contributed by atoms with Crippen molar-refractivity contribution in [3.8, 4) is 5.75 Å². The normalized spacial score (nSPS) is 20.1. The number of anilines is 4. The van der Waals surface area contributed by atoms with Gasteiger partial charge in [-0.2, -0.15) is 13.8 Å². The number of amides is 2. The fourth-order valence-corrected chi connectivity index (χ4v) is 5.63. The fraction of sp³-hybridized carbons (Fsp3) is 0.571. The Morgan fingerprint density at radius 1 is 1.18 bits per heavy atom. The van der Waals surface area contributed by atoms with Crippen LogP contribution in [0, 0.1) is 0 Å². The van der Waals surface area contributed by atoms with Crippen molar-refractivity contribution in [1.29, 1.82) is 0 Å². The average molecular weight is 558 g/mol. The van der Waals surface area contributed by atoms with Gasteiger partial charge in [0.2, 0.25) is 5.95 Å². The van der Waals surface area contributed by atoms with Gasteiger partial charge in [0.15, 0.2) is 5.82 Å². The number of halogens is 2. The molecule has 0 unspecified atom stereocenters. The van der Waals surface area contributed by atoms with Crippen molar-refractivity contribution in [2.75, 3.05) is 48.9 Å². The summed E-state index contributed by atoms with van der Waals surface area (Å²) in [7, 11) is 2.83. The number of carbonyl (C=O) groups excluding carboxylic acids is 2. The molecule has 1 aliphatic carbocycles. The minimum absolute atomic E-state index is 0.108. The topological polar surface area (TPSA) is 103 Å². The minimum Gasteiger partial charge on any atom is -0.495 e. The quantitative estimate of drug-likeness (QED) is 0.530. The molecule has 1 aromatic carbocycles. The van der Waals surface area contributed by atoms with Crippen molar-refractivity contribution in [2.45, 2.75) is 70.0 Å². The molecule has 0 bridgehead atoms. The lowest BCUT2D eigenvalue weighted by atomic mass is 9.94. The molecule has 10 nitrogen and oxygen atoms in total. The maximum atomic E-state index is 14.9. The number of hydrogen-bond acceptors (Lipinski definition) is 8. The van der Waals surface area contributed by atoms with Crippen LogP contribution in [-0.4, -0.2) is 84.5 Å². The van der Waals surface area contributed by atoms with Gasteiger partial charge in [-0.1, -0.05) is 19.3 Å². The molecule has 5 rings (SSSR count). The number of nitrogens with zero attached hydrogens (tertiary/aromatic N) is 5. The standard InChI is InChI=1S/C28H37F2N7O3/c1-17(2)36-14-19(15-36)32-25(38)18-10-11-21(23(12-18)40-4)33-27-31-13-22-24(34-27)37(20-8-6-5-7-9-20)16-28(29,30)26(39)35(22)3/h10-13,17,19-20H,5-9,14-16H2,1-4H3,(H,32,38)(H,31,33,34). The summed E-state index contributed by atoms with van der Waals surface area (Å²) >= 11 is 0. The predicted molar refractivity (Wildman–Crippen MR) is 149 cm³/mol. The predicted octanol–water partition coefficient (Wildman–Crippen LogP) is 3.80. The van der Waals surface area contributed by atoms with Crippen LogP contribution in [-0.2, 0) is 4.79 Å². The van der Waals surface area contributed by atoms with Crippen molar-refractivity contribution < 1.29 is 23.1 Å². The maximum Gasteiger partial charge on any atom is 0.342 e. The highest BCUT2D eigenvalue weighted by Crippen LogP contribution is 2.39. The van der Waals surface area contributed by atoms with E-state index in [9.17, 15) is 18.4 Å². The molecule has 216 valence electrons. The number of methoxy groups -OCH3 is 1. The summed E-state index contributed by atoms with van der Waals surface area (Å²) in [6.07, 6.45) is 5.86. The molecular weight excluding hydrogens is 520 g/mol. The van der Waals surface area contributed by atoms with E-state index >= 15 is 0 Å². The number of hydrogen-bond donors (Lipinski definition) is 2. The maximum absolute atomic E-state index is 14.9. The Morgan fingerprint density at radius 3 is 2.58 bits per heavy atom. The third kappa shape index (κ3) is 5.54. The second-order valence-corrected chi connectivity index (χ2v) is 11.1. The molecule has 40 heavy (non-hydrogen) atoms. The van der Waals surface area contributed by atoms with E-state index in [1.54, 1.807) is 23.1 Å². The third-order valence-electron chi connectivity index (χ3n) is 8.07. The van der Waals surface area contributed by atoms with E-state index in [1.807, 2.05) is 0 Å². The van der Waals surface area contributed by atoms with Gasteiger partial charge in [-0.3, -0.25) is 14.5 Å². The highest BCUT2D eigenvalue weighted by molar-refractivity contribution is 6.02. The Labute approximate surface area is 233 Å². The zero-order valence-electron chi connectivity index (χ0n) is 23.4. The summed E-state index contributed by atoms with van der Waals surface area (Å²) in [5.74, 6) is -4.13. The molecule has 1 saturated carbocycles. The lowest BCUT2D eigenvalue weighted by Gasteiger charge is -2.42. The highest BCUT2D eigenvalue weighted by Gasteiger charge is 2.48. The summed E-state index contributed by atoms with van der Waals surface area (Å²) < 4.78 is 35.4. The summed E-state index contributed by atoms with van der Waals surface area (Å²) in [5.41, 5.74) is 1.21. The van der Waals surface area contributed by atoms with E-state index in [-0.39, 0.29) is 29.6 Å². The second kappa shape index (κ2) is 11.1. The highest BCUT2D eigenvalue weighted by atomic mass is 19.3. The fourth-order valence-electron chi connectivity index (χ4n) is 5.63. The van der Waals surface area contributed by atoms with Gasteiger partial charge in [0.25, 0.3) is 11.8 Å². The molecule has 1 aromatic heterocycles. The van der Waals surface area contributed by atoms with E-state index in [4.69, 9.17) is 4.74 Å². The lowest BCUT2D eigenvalue weighted by molar-refractivity contribution is -0.140. The van der Waals surface area contributed by atoms with E-state index in [2.05, 4.69) is 39.3 Å². The molecule has 2 fully saturated rings. The van der Waals surface area contributed by atoms with E-state index < -0.39 is 18.4 Å². The monoisotopic (exact) mass is 557 g/mol. The lowest BCUT2D eigenvalue weighted by Crippen LogP contribution is -2.61. The molecule has 0 spiro atoms. The van der Waals surface area contributed by atoms with E-state index in [0.717, 1.165) is 50.1 Å². The Hall–Kier alpha value is -3.54. The van der Waals surface area contributed by atoms with Gasteiger partial charge in [-0.15, -0.1) is 0 Å². The SMILES string of the molecule is COc1cc(C(=O)NC2CN(C(C)C)C2)ccc1Nc1ncc2c(n1)N(C1CCCCC1)CC(F)(F)C(=O)N2C. The van der Waals surface area contributed by atoms with Gasteiger partial charge in [0.05, 0.1) is 31.6 Å². The first-order valence-corrected chi connectivity index (χ1v) is 13.9. The number of nitrogens with one attached hydrogen (secondary N) is 2. The van der Waals surface area contributed by atoms with Crippen molar-refractivity contribution in [1.82, 2.24) is 20.2 Å². The molecule has 3 aliphatic rings. The Balaban J connectivity index is 1.38. The van der Waals surface area contributed by atoms with Gasteiger partial charge in [0, 0.05) is 37.8 Å². The van der Waals surface area contributed by atoms with Crippen molar-refractivity contribution in [2.24, 2.45) is 0 Å². The van der Waals surface area contributed by atoms with E-state index in [1.165, 1.54) is 20.4 Å². The molecule has 1 saturated heterocycles. The van der Waals surface area contributed by atoms with Gasteiger partial charge >= 0.3 is 5.92 Å². The zero-order valence-corrected chi connectivity index (χ0v) is 23.4. The summed E-state index contributed by atoms with van der Waals surface area (Å²) in [6.45, 7) is 5.17. The van der Waals surface area contributed by atoms with Crippen molar-refractivity contribution in [3.63, 3.8) is 0 Å². The number of aromatic nitrogens is 2. The van der Waals surface area contributed by atoms with Gasteiger partial charge in [-0.05, 0) is 44.9 Å². The van der Waals surface area contributed by atoms with Crippen LogP contribution in [0.4, 0.5) is 31.9 Å². The molecule has 2 amide bonds. The zero-order chi connectivity index (χ0) is 28.6. The number of alkyl halides is 2. The number of rotatable bonds is 7. The van der Waals surface area contributed by atoms with Crippen molar-refractivity contribution >= 4 is 35.0 Å². The van der Waals surface area contributed by atoms with Crippen LogP contribution < -0.4 is 25.2 Å². The summed E-state index contributed by atoms with van der Waals surface area (Å²) in [6, 6.07) is 5.44. The van der Waals surface area contributed by atoms with Crippen LogP contribution in [0.25, 0.3) is 0 Å². The molecule has 2 N–H and O–H groups in total. The first kappa shape index (κ1) is 28.0. The Kier molecular flexibility index (Phi) is 7.80. The molecule has 0 radical (unpaired) electrons. The number of fused-ring (bicyclic) bond motifs is 1. The van der Waals surface area contributed by atoms with Crippen molar-refractivity contribution in [3.05, 3.63) is 30.0 Å². The molecule has 3 heterocycles. The number of likely N-dealkylation sites (tertiary alicyclic amines) is 1. The second-order valence-electron chi connectivity index (χ2n) is 11.1. The van der Waals surface area contributed by atoms with Crippen LogP contribution >= 0.6 is 0 Å². The van der Waals surface area contributed by atoms with Crippen LogP contribution in [0.1, 0.15) is 56.3 Å². The number of ether oxygens (including phenoxy) is 1. The van der Waals surface area contributed by atoms with Crippen LogP contribution in [0.2, 0.25) is 0 Å². The summed E-state index contributed by atoms with van der Waals surface area (Å²) in [5, 5.41) is 6.16. The smallest absolute Gasteiger partial charge is 0.342 e. The largest absolute Gasteiger partial charge is 0.495 e. The minimum atomic E-state index is -3.55. The Bertz CT molecular complexity index is 1260. The first-order valence-electron chi connectivity index (χ1n) is 13.9. The molecular formula is C28H37F2N7O3. The van der Waals surface area contributed by atoms with Gasteiger partial charge in [-0.25, -0.2) is 4.98 Å². The number of benzene rings is 1. The number of carbonyl (C=O) groups is 2. The Morgan fingerprint density at radius 2 is 1.90 bits per heavy atom. The van der Waals surface area contributed by atoms with Gasteiger partial charge in [0.1, 0.15) is 11.4 Å². The molecule has 2 aliphatic heterocycles. The molecule has 12 heteroatoms. The molecule has 2 aromatic rings. The van der Waals surface area contributed by atoms with Crippen LogP contribution in [0.5, 0.6) is 5.75 Å². The first-order chi connectivity index (χ1) is 19.1. The van der Waals surface area contributed by atoms with Crippen LogP contribution in [0.3, 0.4) is 0 Å². The van der Waals surface area contributed by atoms with Gasteiger partial charge < -0.3 is 25.2 Å². The van der Waals surface area contributed by atoms with Crippen LogP contribution in [0.15, 0.2) is 24.4 Å².